The molecule has 1 saturated heterocycles. The first-order valence-corrected chi connectivity index (χ1v) is 10.2. The zero-order chi connectivity index (χ0) is 20.2. The molecule has 2 aliphatic heterocycles. The van der Waals surface area contributed by atoms with Gasteiger partial charge in [0.25, 0.3) is 5.91 Å². The molecule has 0 aromatic heterocycles. The van der Waals surface area contributed by atoms with Gasteiger partial charge in [-0.15, -0.1) is 0 Å². The van der Waals surface area contributed by atoms with E-state index in [1.807, 2.05) is 49.4 Å². The lowest BCUT2D eigenvalue weighted by atomic mass is 10.1. The predicted octanol–water partition coefficient (Wildman–Crippen LogP) is 3.33. The van der Waals surface area contributed by atoms with Gasteiger partial charge in [-0.25, -0.2) is 0 Å². The van der Waals surface area contributed by atoms with Gasteiger partial charge in [0.2, 0.25) is 5.91 Å². The smallest absolute Gasteiger partial charge is 0.256 e. The Morgan fingerprint density at radius 2 is 2.03 bits per heavy atom. The molecule has 152 valence electrons. The molecule has 1 fully saturated rings. The van der Waals surface area contributed by atoms with Crippen molar-refractivity contribution in [3.05, 3.63) is 53.6 Å². The van der Waals surface area contributed by atoms with Gasteiger partial charge in [0.15, 0.2) is 0 Å². The highest BCUT2D eigenvalue weighted by Crippen LogP contribution is 2.32. The number of benzene rings is 2. The normalized spacial score (nSPS) is 17.8. The van der Waals surface area contributed by atoms with Crippen molar-refractivity contribution in [3.8, 4) is 5.75 Å². The van der Waals surface area contributed by atoms with E-state index in [1.165, 1.54) is 0 Å². The molecule has 2 heterocycles. The molecule has 6 nitrogen and oxygen atoms in total. The van der Waals surface area contributed by atoms with Gasteiger partial charge in [-0.1, -0.05) is 18.2 Å². The van der Waals surface area contributed by atoms with Crippen LogP contribution < -0.4 is 15.0 Å². The van der Waals surface area contributed by atoms with E-state index in [2.05, 4.69) is 5.32 Å². The maximum Gasteiger partial charge on any atom is 0.256 e. The van der Waals surface area contributed by atoms with Gasteiger partial charge in [0, 0.05) is 24.5 Å². The summed E-state index contributed by atoms with van der Waals surface area (Å²) in [4.78, 5) is 27.0. The first-order chi connectivity index (χ1) is 14.1. The van der Waals surface area contributed by atoms with Crippen molar-refractivity contribution in [1.29, 1.82) is 0 Å². The molecule has 2 amide bonds. The van der Waals surface area contributed by atoms with Crippen LogP contribution in [-0.4, -0.2) is 37.7 Å². The second-order valence-electron chi connectivity index (χ2n) is 7.39. The van der Waals surface area contributed by atoms with Gasteiger partial charge in [-0.3, -0.25) is 9.59 Å². The third kappa shape index (κ3) is 4.43. The first kappa shape index (κ1) is 19.5. The number of nitrogens with zero attached hydrogens (tertiary/aromatic N) is 1. The van der Waals surface area contributed by atoms with Crippen LogP contribution in [0.3, 0.4) is 0 Å². The summed E-state index contributed by atoms with van der Waals surface area (Å²) in [5, 5.41) is 2.95. The fourth-order valence-corrected chi connectivity index (χ4v) is 3.89. The maximum absolute atomic E-state index is 12.8. The maximum atomic E-state index is 12.8. The van der Waals surface area contributed by atoms with E-state index in [4.69, 9.17) is 9.47 Å². The van der Waals surface area contributed by atoms with E-state index < -0.39 is 0 Å². The van der Waals surface area contributed by atoms with E-state index in [0.717, 1.165) is 41.8 Å². The Bertz CT molecular complexity index is 888. The molecule has 1 unspecified atom stereocenters. The third-order valence-electron chi connectivity index (χ3n) is 5.33. The molecule has 0 radical (unpaired) electrons. The van der Waals surface area contributed by atoms with Crippen LogP contribution in [0.2, 0.25) is 0 Å². The number of amides is 2. The Morgan fingerprint density at radius 1 is 1.21 bits per heavy atom. The zero-order valence-corrected chi connectivity index (χ0v) is 16.6. The number of carbonyl (C=O) groups excluding carboxylic acids is 2. The standard InChI is InChI=1S/C23H26N2O4/c1-2-28-19-9-5-16(6-10-19)14-22(26)24-18-8-7-17-11-12-25(20(17)15-18)23(27)21-4-3-13-29-21/h5-10,15,21H,2-4,11-14H2,1H3,(H,24,26). The topological polar surface area (TPSA) is 67.9 Å². The summed E-state index contributed by atoms with van der Waals surface area (Å²) in [7, 11) is 0. The van der Waals surface area contributed by atoms with Crippen molar-refractivity contribution >= 4 is 23.2 Å². The number of hydrogen-bond acceptors (Lipinski definition) is 4. The molecule has 2 aliphatic rings. The van der Waals surface area contributed by atoms with Crippen LogP contribution in [0.25, 0.3) is 0 Å². The molecule has 29 heavy (non-hydrogen) atoms. The summed E-state index contributed by atoms with van der Waals surface area (Å²) in [5.41, 5.74) is 3.62. The lowest BCUT2D eigenvalue weighted by Gasteiger charge is -2.21. The average molecular weight is 394 g/mol. The Balaban J connectivity index is 1.41. The number of carbonyl (C=O) groups is 2. The van der Waals surface area contributed by atoms with Crippen LogP contribution in [0.15, 0.2) is 42.5 Å². The van der Waals surface area contributed by atoms with Crippen molar-refractivity contribution < 1.29 is 19.1 Å². The number of rotatable bonds is 6. The largest absolute Gasteiger partial charge is 0.494 e. The molecular formula is C23H26N2O4. The fourth-order valence-electron chi connectivity index (χ4n) is 3.89. The first-order valence-electron chi connectivity index (χ1n) is 10.2. The Labute approximate surface area is 170 Å². The summed E-state index contributed by atoms with van der Waals surface area (Å²) in [5.74, 6) is 0.731. The van der Waals surface area contributed by atoms with Gasteiger partial charge >= 0.3 is 0 Å². The molecule has 0 spiro atoms. The van der Waals surface area contributed by atoms with E-state index in [9.17, 15) is 9.59 Å². The molecular weight excluding hydrogens is 368 g/mol. The average Bonchev–Trinajstić information content (AvgIpc) is 3.39. The second kappa shape index (κ2) is 8.66. The lowest BCUT2D eigenvalue weighted by Crippen LogP contribution is -2.37. The zero-order valence-electron chi connectivity index (χ0n) is 16.6. The van der Waals surface area contributed by atoms with Crippen molar-refractivity contribution in [2.24, 2.45) is 0 Å². The van der Waals surface area contributed by atoms with Gasteiger partial charge in [-0.2, -0.15) is 0 Å². The molecule has 6 heteroatoms. The summed E-state index contributed by atoms with van der Waals surface area (Å²) in [6.07, 6.45) is 2.48. The molecule has 0 saturated carbocycles. The summed E-state index contributed by atoms with van der Waals surface area (Å²) < 4.78 is 11.0. The van der Waals surface area contributed by atoms with Crippen LogP contribution in [-0.2, 0) is 27.2 Å². The van der Waals surface area contributed by atoms with Crippen LogP contribution in [0, 0.1) is 0 Å². The molecule has 2 aromatic rings. The van der Waals surface area contributed by atoms with Gasteiger partial charge in [-0.05, 0) is 61.6 Å². The molecule has 1 atom stereocenters. The minimum absolute atomic E-state index is 0.0270. The van der Waals surface area contributed by atoms with Crippen molar-refractivity contribution in [2.75, 3.05) is 30.0 Å². The molecule has 2 aromatic carbocycles. The number of nitrogens with one attached hydrogen (secondary N) is 1. The van der Waals surface area contributed by atoms with Gasteiger partial charge < -0.3 is 19.7 Å². The minimum Gasteiger partial charge on any atom is -0.494 e. The second-order valence-corrected chi connectivity index (χ2v) is 7.39. The highest BCUT2D eigenvalue weighted by Gasteiger charge is 2.32. The Kier molecular flexibility index (Phi) is 5.81. The fraction of sp³-hybridized carbons (Fsp3) is 0.391. The SMILES string of the molecule is CCOc1ccc(CC(=O)Nc2ccc3c(c2)N(C(=O)C2CCCO2)CC3)cc1. The summed E-state index contributed by atoms with van der Waals surface area (Å²) >= 11 is 0. The number of fused-ring (bicyclic) bond motifs is 1. The van der Waals surface area contributed by atoms with Crippen molar-refractivity contribution in [1.82, 2.24) is 0 Å². The summed E-state index contributed by atoms with van der Waals surface area (Å²) in [6.45, 7) is 3.87. The quantitative estimate of drug-likeness (QED) is 0.816. The van der Waals surface area contributed by atoms with Crippen LogP contribution in [0.1, 0.15) is 30.9 Å². The highest BCUT2D eigenvalue weighted by atomic mass is 16.5. The molecule has 4 rings (SSSR count). The van der Waals surface area contributed by atoms with Gasteiger partial charge in [0.1, 0.15) is 11.9 Å². The van der Waals surface area contributed by atoms with E-state index in [-0.39, 0.29) is 24.3 Å². The highest BCUT2D eigenvalue weighted by molar-refractivity contribution is 6.00. The Morgan fingerprint density at radius 3 is 2.76 bits per heavy atom. The van der Waals surface area contributed by atoms with Crippen LogP contribution >= 0.6 is 0 Å². The number of anilines is 2. The van der Waals surface area contributed by atoms with Gasteiger partial charge in [0.05, 0.1) is 13.0 Å². The summed E-state index contributed by atoms with van der Waals surface area (Å²) in [6, 6.07) is 13.3. The third-order valence-corrected chi connectivity index (χ3v) is 5.33. The Hall–Kier alpha value is -2.86. The van der Waals surface area contributed by atoms with Crippen molar-refractivity contribution in [3.63, 3.8) is 0 Å². The monoisotopic (exact) mass is 394 g/mol. The number of ether oxygens (including phenoxy) is 2. The molecule has 0 aliphatic carbocycles. The molecule has 1 N–H and O–H groups in total. The lowest BCUT2D eigenvalue weighted by molar-refractivity contribution is -0.127. The van der Waals surface area contributed by atoms with Crippen molar-refractivity contribution in [2.45, 2.75) is 38.7 Å². The van der Waals surface area contributed by atoms with E-state index >= 15 is 0 Å². The van der Waals surface area contributed by atoms with Crippen LogP contribution in [0.4, 0.5) is 11.4 Å². The van der Waals surface area contributed by atoms with Crippen LogP contribution in [0.5, 0.6) is 5.75 Å². The number of hydrogen-bond donors (Lipinski definition) is 1. The predicted molar refractivity (Wildman–Crippen MR) is 111 cm³/mol. The minimum atomic E-state index is -0.334. The molecule has 0 bridgehead atoms. The van der Waals surface area contributed by atoms with E-state index in [0.29, 0.717) is 25.4 Å². The van der Waals surface area contributed by atoms with E-state index in [1.54, 1.807) is 4.90 Å².